The summed E-state index contributed by atoms with van der Waals surface area (Å²) in [5.41, 5.74) is 0. The molecule has 4 heteroatoms. The summed E-state index contributed by atoms with van der Waals surface area (Å²) in [5, 5.41) is 0. The van der Waals surface area contributed by atoms with Crippen molar-refractivity contribution in [1.29, 1.82) is 0 Å². The summed E-state index contributed by atoms with van der Waals surface area (Å²) in [6.45, 7) is 2.21. The van der Waals surface area contributed by atoms with Gasteiger partial charge in [-0.25, -0.2) is 4.79 Å². The second kappa shape index (κ2) is 15.1. The summed E-state index contributed by atoms with van der Waals surface area (Å²) >= 11 is 0. The topological polar surface area (TPSA) is 26.3 Å². The zero-order chi connectivity index (χ0) is 11.4. The third-order valence-corrected chi connectivity index (χ3v) is 2.57. The number of halogens is 1. The van der Waals surface area contributed by atoms with Crippen molar-refractivity contribution in [3.05, 3.63) is 0 Å². The molecular weight excluding hydrogens is 303 g/mol. The smallest absolute Gasteiger partial charge is 0.255 e. The van der Waals surface area contributed by atoms with Gasteiger partial charge in [0.05, 0.1) is 0 Å². The van der Waals surface area contributed by atoms with Crippen LogP contribution in [0.1, 0.15) is 71.1 Å². The molecule has 0 saturated heterocycles. The molecule has 0 aromatic rings. The van der Waals surface area contributed by atoms with Gasteiger partial charge in [-0.2, -0.15) is 0 Å². The van der Waals surface area contributed by atoms with Crippen LogP contribution in [0.15, 0.2) is 0 Å². The molecule has 0 spiro atoms. The maximum atomic E-state index is 11.3. The molecule has 1 radical (unpaired) electrons. The van der Waals surface area contributed by atoms with E-state index in [0.29, 0.717) is 0 Å². The fraction of sp³-hybridized carbons (Fsp3) is 0.917. The fourth-order valence-electron chi connectivity index (χ4n) is 1.62. The first-order valence-electron chi connectivity index (χ1n) is 6.12. The van der Waals surface area contributed by atoms with Crippen molar-refractivity contribution in [2.75, 3.05) is 0 Å². The quantitative estimate of drug-likeness (QED) is 0.441. The molecular formula is C12H23AgFO2. The molecule has 0 fully saturated rings. The molecule has 16 heavy (non-hydrogen) atoms. The van der Waals surface area contributed by atoms with Crippen molar-refractivity contribution < 1.29 is 36.6 Å². The molecule has 0 N–H and O–H groups in total. The molecule has 0 aromatic carbocycles. The Bertz CT molecular complexity index is 154. The Morgan fingerprint density at radius 2 is 1.38 bits per heavy atom. The molecule has 0 amide bonds. The predicted octanol–water partition coefficient (Wildman–Crippen LogP) is 4.33. The fourth-order valence-corrected chi connectivity index (χ4v) is 1.62. The number of unbranched alkanes of at least 4 members (excludes halogenated alkanes) is 8. The predicted molar refractivity (Wildman–Crippen MR) is 59.0 cm³/mol. The van der Waals surface area contributed by atoms with E-state index >= 15 is 0 Å². The van der Waals surface area contributed by atoms with Crippen molar-refractivity contribution in [3.63, 3.8) is 0 Å². The van der Waals surface area contributed by atoms with Crippen LogP contribution in [-0.4, -0.2) is 5.97 Å². The first-order chi connectivity index (χ1) is 7.31. The molecule has 0 atom stereocenters. The number of rotatable bonds is 10. The Kier molecular flexibility index (Phi) is 17.5. The second-order valence-electron chi connectivity index (χ2n) is 4.03. The zero-order valence-corrected chi connectivity index (χ0v) is 11.5. The molecule has 0 unspecified atom stereocenters. The summed E-state index contributed by atoms with van der Waals surface area (Å²) in [6.07, 6.45) is 10.9. The van der Waals surface area contributed by atoms with E-state index in [2.05, 4.69) is 11.9 Å². The zero-order valence-electron chi connectivity index (χ0n) is 10.1. The van der Waals surface area contributed by atoms with Gasteiger partial charge in [0.25, 0.3) is 0 Å². The van der Waals surface area contributed by atoms with Crippen LogP contribution in [0.2, 0.25) is 0 Å². The number of carbonyl (C=O) groups excluding carboxylic acids is 1. The van der Waals surface area contributed by atoms with E-state index in [-0.39, 0.29) is 28.8 Å². The molecule has 0 aliphatic heterocycles. The first kappa shape index (κ1) is 18.5. The van der Waals surface area contributed by atoms with Crippen LogP contribution in [0.4, 0.5) is 4.53 Å². The normalized spacial score (nSPS) is 9.62. The molecule has 101 valence electrons. The maximum absolute atomic E-state index is 11.3. The molecule has 0 aliphatic carbocycles. The van der Waals surface area contributed by atoms with Gasteiger partial charge in [0.1, 0.15) is 0 Å². The van der Waals surface area contributed by atoms with Crippen LogP contribution >= 0.6 is 0 Å². The van der Waals surface area contributed by atoms with Crippen molar-refractivity contribution in [1.82, 2.24) is 0 Å². The minimum Gasteiger partial charge on any atom is -0.255 e. The average molecular weight is 326 g/mol. The Morgan fingerprint density at radius 1 is 0.938 bits per heavy atom. The van der Waals surface area contributed by atoms with Gasteiger partial charge in [0, 0.05) is 33.3 Å². The van der Waals surface area contributed by atoms with E-state index < -0.39 is 5.97 Å². The van der Waals surface area contributed by atoms with E-state index in [4.69, 9.17) is 0 Å². The molecule has 0 aromatic heterocycles. The van der Waals surface area contributed by atoms with Crippen LogP contribution < -0.4 is 0 Å². The van der Waals surface area contributed by atoms with Gasteiger partial charge in [-0.3, -0.25) is 4.94 Å². The van der Waals surface area contributed by atoms with Crippen LogP contribution in [-0.2, 0) is 32.1 Å². The van der Waals surface area contributed by atoms with E-state index in [1.807, 2.05) is 0 Å². The van der Waals surface area contributed by atoms with Gasteiger partial charge in [0.2, 0.25) is 0 Å². The third kappa shape index (κ3) is 14.1. The van der Waals surface area contributed by atoms with E-state index in [0.717, 1.165) is 19.3 Å². The summed E-state index contributed by atoms with van der Waals surface area (Å²) in [4.78, 5) is 13.5. The van der Waals surface area contributed by atoms with Gasteiger partial charge in [-0.15, -0.1) is 0 Å². The SMILES string of the molecule is CCCCCCCCCCCC(=O)OF.[Ag]. The average Bonchev–Trinajstić information content (AvgIpc) is 2.26. The summed E-state index contributed by atoms with van der Waals surface area (Å²) in [7, 11) is 0. The summed E-state index contributed by atoms with van der Waals surface area (Å²) < 4.78 is 11.3. The van der Waals surface area contributed by atoms with Gasteiger partial charge in [-0.1, -0.05) is 58.3 Å². The Labute approximate surface area is 114 Å². The second-order valence-corrected chi connectivity index (χ2v) is 4.03. The summed E-state index contributed by atoms with van der Waals surface area (Å²) in [5.74, 6) is -0.738. The van der Waals surface area contributed by atoms with Crippen LogP contribution in [0, 0.1) is 0 Å². The van der Waals surface area contributed by atoms with Crippen LogP contribution in [0.5, 0.6) is 0 Å². The van der Waals surface area contributed by atoms with Crippen molar-refractivity contribution in [2.24, 2.45) is 0 Å². The first-order valence-corrected chi connectivity index (χ1v) is 6.12. The Balaban J connectivity index is 0. The Hall–Kier alpha value is 0.140. The third-order valence-electron chi connectivity index (χ3n) is 2.57. The van der Waals surface area contributed by atoms with Gasteiger partial charge >= 0.3 is 5.97 Å². The number of hydrogen-bond donors (Lipinski definition) is 0. The van der Waals surface area contributed by atoms with E-state index in [1.165, 1.54) is 38.5 Å². The summed E-state index contributed by atoms with van der Waals surface area (Å²) in [6, 6.07) is 0. The van der Waals surface area contributed by atoms with Gasteiger partial charge in [-0.05, 0) is 6.42 Å². The maximum Gasteiger partial charge on any atom is 0.348 e. The van der Waals surface area contributed by atoms with Gasteiger partial charge < -0.3 is 0 Å². The standard InChI is InChI=1S/C12H23FO2.Ag/c1-2-3-4-5-6-7-8-9-10-11-12(14)15-13;/h2-11H2,1H3;. The number of hydrogen-bond acceptors (Lipinski definition) is 2. The Morgan fingerprint density at radius 3 is 1.81 bits per heavy atom. The van der Waals surface area contributed by atoms with Crippen molar-refractivity contribution in [3.8, 4) is 0 Å². The van der Waals surface area contributed by atoms with Crippen LogP contribution in [0.25, 0.3) is 0 Å². The monoisotopic (exact) mass is 325 g/mol. The minimum atomic E-state index is -0.738. The van der Waals surface area contributed by atoms with Crippen molar-refractivity contribution >= 4 is 5.97 Å². The van der Waals surface area contributed by atoms with Crippen LogP contribution in [0.3, 0.4) is 0 Å². The molecule has 0 rings (SSSR count). The molecule has 2 nitrogen and oxygen atoms in total. The minimum absolute atomic E-state index is 0. The van der Waals surface area contributed by atoms with E-state index in [1.54, 1.807) is 0 Å². The molecule has 0 saturated carbocycles. The van der Waals surface area contributed by atoms with Crippen molar-refractivity contribution in [2.45, 2.75) is 71.1 Å². The molecule has 0 bridgehead atoms. The van der Waals surface area contributed by atoms with Gasteiger partial charge in [0.15, 0.2) is 0 Å². The number of carbonyl (C=O) groups is 1. The largest absolute Gasteiger partial charge is 0.348 e. The van der Waals surface area contributed by atoms with E-state index in [9.17, 15) is 9.32 Å². The molecule has 0 heterocycles. The molecule has 0 aliphatic rings.